The summed E-state index contributed by atoms with van der Waals surface area (Å²) < 4.78 is 27.0. The second-order valence-electron chi connectivity index (χ2n) is 4.78. The van der Waals surface area contributed by atoms with Crippen LogP contribution in [0.1, 0.15) is 27.7 Å². The van der Waals surface area contributed by atoms with Gasteiger partial charge in [0.15, 0.2) is 0 Å². The van der Waals surface area contributed by atoms with E-state index in [1.54, 1.807) is 6.92 Å². The van der Waals surface area contributed by atoms with Gasteiger partial charge in [0, 0.05) is 23.9 Å². The zero-order valence-corrected chi connectivity index (χ0v) is 11.7. The SMILES string of the molecule is Cc1cc(C(=O)NCC(O)c2c(F)cccc2F)cc(=O)[nH]1. The molecule has 2 aromatic rings. The second kappa shape index (κ2) is 6.48. The maximum absolute atomic E-state index is 13.5. The summed E-state index contributed by atoms with van der Waals surface area (Å²) >= 11 is 0. The Kier molecular flexibility index (Phi) is 4.67. The van der Waals surface area contributed by atoms with E-state index in [2.05, 4.69) is 10.3 Å². The Bertz CT molecular complexity index is 738. The van der Waals surface area contributed by atoms with E-state index < -0.39 is 34.8 Å². The van der Waals surface area contributed by atoms with Crippen LogP contribution in [-0.4, -0.2) is 22.5 Å². The Morgan fingerprint density at radius 2 is 1.95 bits per heavy atom. The van der Waals surface area contributed by atoms with Gasteiger partial charge in [-0.3, -0.25) is 9.59 Å². The summed E-state index contributed by atoms with van der Waals surface area (Å²) in [6.07, 6.45) is -1.53. The van der Waals surface area contributed by atoms with Crippen molar-refractivity contribution in [3.8, 4) is 0 Å². The molecule has 22 heavy (non-hydrogen) atoms. The molecule has 1 atom stereocenters. The predicted octanol–water partition coefficient (Wildman–Crippen LogP) is 1.42. The molecular formula is C15H14F2N2O3. The number of hydrogen-bond donors (Lipinski definition) is 3. The fourth-order valence-electron chi connectivity index (χ4n) is 2.04. The second-order valence-corrected chi connectivity index (χ2v) is 4.78. The number of amides is 1. The molecule has 1 aromatic carbocycles. The van der Waals surface area contributed by atoms with Crippen LogP contribution in [0.25, 0.3) is 0 Å². The highest BCUT2D eigenvalue weighted by Gasteiger charge is 2.18. The maximum Gasteiger partial charge on any atom is 0.251 e. The molecule has 0 aliphatic rings. The molecule has 3 N–H and O–H groups in total. The predicted molar refractivity (Wildman–Crippen MR) is 75.5 cm³/mol. The summed E-state index contributed by atoms with van der Waals surface area (Å²) in [7, 11) is 0. The highest BCUT2D eigenvalue weighted by molar-refractivity contribution is 5.94. The van der Waals surface area contributed by atoms with E-state index in [4.69, 9.17) is 0 Å². The minimum Gasteiger partial charge on any atom is -0.386 e. The molecule has 0 aliphatic carbocycles. The van der Waals surface area contributed by atoms with Crippen molar-refractivity contribution >= 4 is 5.91 Å². The zero-order chi connectivity index (χ0) is 16.3. The fourth-order valence-corrected chi connectivity index (χ4v) is 2.04. The van der Waals surface area contributed by atoms with Crippen molar-refractivity contribution in [2.45, 2.75) is 13.0 Å². The molecule has 0 bridgehead atoms. The van der Waals surface area contributed by atoms with Crippen LogP contribution in [0.15, 0.2) is 35.1 Å². The number of carbonyl (C=O) groups excluding carboxylic acids is 1. The van der Waals surface area contributed by atoms with Crippen molar-refractivity contribution in [2.24, 2.45) is 0 Å². The van der Waals surface area contributed by atoms with Crippen LogP contribution >= 0.6 is 0 Å². The number of nitrogens with one attached hydrogen (secondary N) is 2. The van der Waals surface area contributed by atoms with Gasteiger partial charge in [-0.05, 0) is 25.1 Å². The first-order chi connectivity index (χ1) is 10.4. The third-order valence-corrected chi connectivity index (χ3v) is 3.03. The quantitative estimate of drug-likeness (QED) is 0.799. The van der Waals surface area contributed by atoms with Gasteiger partial charge in [-0.15, -0.1) is 0 Å². The first-order valence-corrected chi connectivity index (χ1v) is 6.49. The monoisotopic (exact) mass is 308 g/mol. The van der Waals surface area contributed by atoms with E-state index >= 15 is 0 Å². The van der Waals surface area contributed by atoms with Crippen LogP contribution in [0, 0.1) is 18.6 Å². The van der Waals surface area contributed by atoms with Gasteiger partial charge in [-0.25, -0.2) is 8.78 Å². The largest absolute Gasteiger partial charge is 0.386 e. The van der Waals surface area contributed by atoms with Gasteiger partial charge in [0.25, 0.3) is 5.91 Å². The maximum atomic E-state index is 13.5. The Morgan fingerprint density at radius 1 is 1.32 bits per heavy atom. The first kappa shape index (κ1) is 15.8. The molecule has 1 heterocycles. The third kappa shape index (κ3) is 3.56. The molecule has 0 radical (unpaired) electrons. The summed E-state index contributed by atoms with van der Waals surface area (Å²) in [6.45, 7) is 1.23. The molecule has 1 unspecified atom stereocenters. The van der Waals surface area contributed by atoms with Crippen molar-refractivity contribution < 1.29 is 18.7 Å². The summed E-state index contributed by atoms with van der Waals surface area (Å²) in [5.74, 6) is -2.41. The number of aryl methyl sites for hydroxylation is 1. The number of halogens is 2. The van der Waals surface area contributed by atoms with Gasteiger partial charge < -0.3 is 15.4 Å². The molecule has 0 aliphatic heterocycles. The molecule has 0 spiro atoms. The molecule has 0 fully saturated rings. The van der Waals surface area contributed by atoms with E-state index in [1.165, 1.54) is 12.1 Å². The van der Waals surface area contributed by atoms with E-state index in [0.29, 0.717) is 5.69 Å². The topological polar surface area (TPSA) is 82.2 Å². The van der Waals surface area contributed by atoms with Crippen molar-refractivity contribution in [3.05, 3.63) is 69.1 Å². The lowest BCUT2D eigenvalue weighted by molar-refractivity contribution is 0.0911. The van der Waals surface area contributed by atoms with Crippen molar-refractivity contribution in [3.63, 3.8) is 0 Å². The number of hydrogen-bond acceptors (Lipinski definition) is 3. The molecule has 0 saturated carbocycles. The summed E-state index contributed by atoms with van der Waals surface area (Å²) in [5, 5.41) is 12.2. The van der Waals surface area contributed by atoms with Crippen molar-refractivity contribution in [1.82, 2.24) is 10.3 Å². The van der Waals surface area contributed by atoms with E-state index in [0.717, 1.165) is 18.2 Å². The smallest absolute Gasteiger partial charge is 0.251 e. The average molecular weight is 308 g/mol. The lowest BCUT2D eigenvalue weighted by Gasteiger charge is -2.14. The Labute approximate surface area is 124 Å². The van der Waals surface area contributed by atoms with Crippen LogP contribution in [0.5, 0.6) is 0 Å². The minimum atomic E-state index is -1.53. The van der Waals surface area contributed by atoms with Gasteiger partial charge in [0.2, 0.25) is 5.56 Å². The van der Waals surface area contributed by atoms with Crippen molar-refractivity contribution in [1.29, 1.82) is 0 Å². The minimum absolute atomic E-state index is 0.0995. The van der Waals surface area contributed by atoms with Gasteiger partial charge in [0.1, 0.15) is 17.7 Å². The van der Waals surface area contributed by atoms with Crippen molar-refractivity contribution in [2.75, 3.05) is 6.54 Å². The number of rotatable bonds is 4. The van der Waals surface area contributed by atoms with E-state index in [-0.39, 0.29) is 12.1 Å². The average Bonchev–Trinajstić information content (AvgIpc) is 2.43. The number of aromatic amines is 1. The molecule has 7 heteroatoms. The van der Waals surface area contributed by atoms with E-state index in [1.807, 2.05) is 0 Å². The normalized spacial score (nSPS) is 12.0. The van der Waals surface area contributed by atoms with Crippen LogP contribution in [0.3, 0.4) is 0 Å². The summed E-state index contributed by atoms with van der Waals surface area (Å²) in [6, 6.07) is 5.76. The fraction of sp³-hybridized carbons (Fsp3) is 0.200. The lowest BCUT2D eigenvalue weighted by Crippen LogP contribution is -2.30. The molecule has 116 valence electrons. The van der Waals surface area contributed by atoms with Gasteiger partial charge in [-0.1, -0.05) is 6.07 Å². The number of aliphatic hydroxyl groups is 1. The number of pyridine rings is 1. The van der Waals surface area contributed by atoms with Crippen LogP contribution < -0.4 is 10.9 Å². The molecule has 2 rings (SSSR count). The summed E-state index contributed by atoms with van der Waals surface area (Å²) in [4.78, 5) is 25.7. The van der Waals surface area contributed by atoms with Crippen LogP contribution in [-0.2, 0) is 0 Å². The first-order valence-electron chi connectivity index (χ1n) is 6.49. The molecule has 5 nitrogen and oxygen atoms in total. The standard InChI is InChI=1S/C15H14F2N2O3/c1-8-5-9(6-13(21)19-8)15(22)18-7-12(20)14-10(16)3-2-4-11(14)17/h2-6,12,20H,7H2,1H3,(H,18,22)(H,19,21). The number of H-pyrrole nitrogens is 1. The summed E-state index contributed by atoms with van der Waals surface area (Å²) in [5.41, 5.74) is -0.350. The highest BCUT2D eigenvalue weighted by Crippen LogP contribution is 2.19. The van der Waals surface area contributed by atoms with Gasteiger partial charge >= 0.3 is 0 Å². The number of aliphatic hydroxyl groups excluding tert-OH is 1. The van der Waals surface area contributed by atoms with Crippen LogP contribution in [0.4, 0.5) is 8.78 Å². The van der Waals surface area contributed by atoms with Gasteiger partial charge in [0.05, 0.1) is 5.56 Å². The molecule has 1 amide bonds. The molecule has 1 aromatic heterocycles. The Morgan fingerprint density at radius 3 is 2.55 bits per heavy atom. The molecular weight excluding hydrogens is 294 g/mol. The van der Waals surface area contributed by atoms with Gasteiger partial charge in [-0.2, -0.15) is 0 Å². The lowest BCUT2D eigenvalue weighted by atomic mass is 10.1. The van der Waals surface area contributed by atoms with E-state index in [9.17, 15) is 23.5 Å². The Balaban J connectivity index is 2.09. The number of aromatic nitrogens is 1. The third-order valence-electron chi connectivity index (χ3n) is 3.03. The number of benzene rings is 1. The number of carbonyl (C=O) groups is 1. The Hall–Kier alpha value is -2.54. The van der Waals surface area contributed by atoms with Crippen LogP contribution in [0.2, 0.25) is 0 Å². The zero-order valence-electron chi connectivity index (χ0n) is 11.7. The highest BCUT2D eigenvalue weighted by atomic mass is 19.1. The molecule has 0 saturated heterocycles.